The van der Waals surface area contributed by atoms with E-state index in [0.717, 1.165) is 29.2 Å². The average molecular weight is 303 g/mol. The van der Waals surface area contributed by atoms with Crippen LogP contribution in [0.2, 0.25) is 0 Å². The third-order valence-corrected chi connectivity index (χ3v) is 6.10. The van der Waals surface area contributed by atoms with E-state index < -0.39 is 0 Å². The van der Waals surface area contributed by atoms with E-state index in [-0.39, 0.29) is 5.84 Å². The number of thioether (sulfide) groups is 1. The Labute approximate surface area is 131 Å². The van der Waals surface area contributed by atoms with Gasteiger partial charge in [-0.3, -0.25) is 5.41 Å². The molecule has 1 heterocycles. The number of piperidine rings is 1. The summed E-state index contributed by atoms with van der Waals surface area (Å²) < 4.78 is 0. The predicted molar refractivity (Wildman–Crippen MR) is 91.6 cm³/mol. The van der Waals surface area contributed by atoms with Crippen LogP contribution in [0.25, 0.3) is 0 Å². The fourth-order valence-corrected chi connectivity index (χ4v) is 4.70. The molecule has 2 fully saturated rings. The van der Waals surface area contributed by atoms with Crippen LogP contribution in [0.1, 0.15) is 44.1 Å². The largest absolute Gasteiger partial charge is 0.384 e. The molecule has 1 aromatic carbocycles. The summed E-state index contributed by atoms with van der Waals surface area (Å²) in [7, 11) is 0. The van der Waals surface area contributed by atoms with Gasteiger partial charge in [-0.05, 0) is 49.5 Å². The summed E-state index contributed by atoms with van der Waals surface area (Å²) in [6.07, 6.45) is 10.3. The lowest BCUT2D eigenvalue weighted by Crippen LogP contribution is -2.39. The maximum atomic E-state index is 7.94. The van der Waals surface area contributed by atoms with Crippen molar-refractivity contribution in [3.8, 4) is 0 Å². The first-order valence-electron chi connectivity index (χ1n) is 7.92. The van der Waals surface area contributed by atoms with E-state index >= 15 is 0 Å². The second kappa shape index (κ2) is 5.91. The minimum atomic E-state index is 0.191. The molecule has 3 N–H and O–H groups in total. The van der Waals surface area contributed by atoms with E-state index in [9.17, 15) is 0 Å². The van der Waals surface area contributed by atoms with Crippen LogP contribution in [0.3, 0.4) is 0 Å². The van der Waals surface area contributed by atoms with Crippen LogP contribution < -0.4 is 10.6 Å². The van der Waals surface area contributed by atoms with E-state index in [1.807, 2.05) is 0 Å². The molecule has 4 heteroatoms. The Hall–Kier alpha value is -1.16. The molecular formula is C17H25N3S. The zero-order chi connectivity index (χ0) is 14.9. The van der Waals surface area contributed by atoms with E-state index in [1.165, 1.54) is 38.5 Å². The van der Waals surface area contributed by atoms with Gasteiger partial charge in [0.1, 0.15) is 5.84 Å². The summed E-state index contributed by atoms with van der Waals surface area (Å²) in [5.41, 5.74) is 8.56. The zero-order valence-electron chi connectivity index (χ0n) is 12.8. The lowest BCUT2D eigenvalue weighted by Gasteiger charge is -2.41. The van der Waals surface area contributed by atoms with Crippen LogP contribution in [-0.2, 0) is 0 Å². The molecule has 2 aliphatic rings. The number of anilines is 1. The Morgan fingerprint density at radius 2 is 1.86 bits per heavy atom. The summed E-state index contributed by atoms with van der Waals surface area (Å²) in [4.78, 5) is 3.56. The summed E-state index contributed by atoms with van der Waals surface area (Å²) in [5.74, 6) is 0.191. The van der Waals surface area contributed by atoms with Gasteiger partial charge in [0.15, 0.2) is 0 Å². The van der Waals surface area contributed by atoms with Crippen LogP contribution in [-0.4, -0.2) is 25.2 Å². The van der Waals surface area contributed by atoms with E-state index in [4.69, 9.17) is 11.1 Å². The highest BCUT2D eigenvalue weighted by molar-refractivity contribution is 7.98. The Kier molecular flexibility index (Phi) is 4.16. The second-order valence-electron chi connectivity index (χ2n) is 6.46. The third kappa shape index (κ3) is 2.78. The molecule has 21 heavy (non-hydrogen) atoms. The number of hydrogen-bond donors (Lipinski definition) is 2. The molecule has 3 rings (SSSR count). The molecule has 0 bridgehead atoms. The number of rotatable bonds is 3. The molecule has 0 radical (unpaired) electrons. The second-order valence-corrected chi connectivity index (χ2v) is 7.31. The van der Waals surface area contributed by atoms with Gasteiger partial charge in [0.25, 0.3) is 0 Å². The van der Waals surface area contributed by atoms with Crippen molar-refractivity contribution in [3.63, 3.8) is 0 Å². The van der Waals surface area contributed by atoms with Gasteiger partial charge in [-0.15, -0.1) is 11.8 Å². The van der Waals surface area contributed by atoms with Gasteiger partial charge in [0.05, 0.1) is 5.56 Å². The van der Waals surface area contributed by atoms with Gasteiger partial charge < -0.3 is 10.6 Å². The highest BCUT2D eigenvalue weighted by Gasteiger charge is 2.37. The first kappa shape index (κ1) is 14.8. The standard InChI is InChI=1S/C17H25N3S/c1-21-14-6-4-5-13(15(14)16(18)19)20-11-9-17(10-12-20)7-2-3-8-17/h4-6H,2-3,7-12H2,1H3,(H3,18,19). The Morgan fingerprint density at radius 1 is 1.19 bits per heavy atom. The predicted octanol–water partition coefficient (Wildman–Crippen LogP) is 3.85. The van der Waals surface area contributed by atoms with Crippen LogP contribution in [0.5, 0.6) is 0 Å². The minimum absolute atomic E-state index is 0.191. The number of nitrogens with zero attached hydrogens (tertiary/aromatic N) is 1. The molecule has 1 aliphatic carbocycles. The monoisotopic (exact) mass is 303 g/mol. The highest BCUT2D eigenvalue weighted by Crippen LogP contribution is 2.47. The van der Waals surface area contributed by atoms with Gasteiger partial charge in [-0.1, -0.05) is 18.9 Å². The SMILES string of the molecule is CSc1cccc(N2CCC3(CCCC3)CC2)c1C(=N)N. The Bertz CT molecular complexity index is 525. The van der Waals surface area contributed by atoms with Crippen molar-refractivity contribution in [1.29, 1.82) is 5.41 Å². The van der Waals surface area contributed by atoms with Crippen LogP contribution in [0.15, 0.2) is 23.1 Å². The number of nitrogens with two attached hydrogens (primary N) is 1. The highest BCUT2D eigenvalue weighted by atomic mass is 32.2. The van der Waals surface area contributed by atoms with Gasteiger partial charge in [-0.2, -0.15) is 0 Å². The minimum Gasteiger partial charge on any atom is -0.384 e. The van der Waals surface area contributed by atoms with Crippen molar-refractivity contribution in [2.75, 3.05) is 24.2 Å². The zero-order valence-corrected chi connectivity index (χ0v) is 13.6. The van der Waals surface area contributed by atoms with Crippen LogP contribution >= 0.6 is 11.8 Å². The maximum absolute atomic E-state index is 7.94. The fraction of sp³-hybridized carbons (Fsp3) is 0.588. The molecule has 1 aromatic rings. The molecule has 1 saturated carbocycles. The molecule has 0 atom stereocenters. The molecule has 1 saturated heterocycles. The van der Waals surface area contributed by atoms with Crippen molar-refractivity contribution < 1.29 is 0 Å². The van der Waals surface area contributed by atoms with Crippen molar-refractivity contribution in [3.05, 3.63) is 23.8 Å². The maximum Gasteiger partial charge on any atom is 0.126 e. The molecule has 0 amide bonds. The number of amidine groups is 1. The van der Waals surface area contributed by atoms with Crippen molar-refractivity contribution in [2.24, 2.45) is 11.1 Å². The molecule has 1 aliphatic heterocycles. The smallest absolute Gasteiger partial charge is 0.126 e. The number of benzene rings is 1. The van der Waals surface area contributed by atoms with Gasteiger partial charge in [0, 0.05) is 23.7 Å². The summed E-state index contributed by atoms with van der Waals surface area (Å²) in [6, 6.07) is 6.28. The molecule has 1 spiro atoms. The summed E-state index contributed by atoms with van der Waals surface area (Å²) >= 11 is 1.67. The fourth-order valence-electron chi connectivity index (χ4n) is 4.07. The number of hydrogen-bond acceptors (Lipinski definition) is 3. The lowest BCUT2D eigenvalue weighted by atomic mass is 9.77. The van der Waals surface area contributed by atoms with Crippen molar-refractivity contribution in [2.45, 2.75) is 43.4 Å². The lowest BCUT2D eigenvalue weighted by molar-refractivity contribution is 0.226. The molecule has 0 aromatic heterocycles. The molecule has 3 nitrogen and oxygen atoms in total. The molecule has 114 valence electrons. The summed E-state index contributed by atoms with van der Waals surface area (Å²) in [5, 5.41) is 7.94. The first-order chi connectivity index (χ1) is 10.2. The third-order valence-electron chi connectivity index (χ3n) is 5.32. The van der Waals surface area contributed by atoms with Gasteiger partial charge in [0.2, 0.25) is 0 Å². The van der Waals surface area contributed by atoms with Crippen molar-refractivity contribution in [1.82, 2.24) is 0 Å². The van der Waals surface area contributed by atoms with E-state index in [2.05, 4.69) is 29.4 Å². The average Bonchev–Trinajstić information content (AvgIpc) is 2.95. The number of nitrogens with one attached hydrogen (secondary N) is 1. The topological polar surface area (TPSA) is 53.1 Å². The number of nitrogen functional groups attached to an aromatic ring is 1. The van der Waals surface area contributed by atoms with E-state index in [1.54, 1.807) is 11.8 Å². The summed E-state index contributed by atoms with van der Waals surface area (Å²) in [6.45, 7) is 2.22. The van der Waals surface area contributed by atoms with Gasteiger partial charge in [-0.25, -0.2) is 0 Å². The Morgan fingerprint density at radius 3 is 2.43 bits per heavy atom. The molecular weight excluding hydrogens is 278 g/mol. The normalized spacial score (nSPS) is 20.9. The van der Waals surface area contributed by atoms with Crippen molar-refractivity contribution >= 4 is 23.3 Å². The quantitative estimate of drug-likeness (QED) is 0.506. The van der Waals surface area contributed by atoms with Crippen LogP contribution in [0.4, 0.5) is 5.69 Å². The van der Waals surface area contributed by atoms with Gasteiger partial charge >= 0.3 is 0 Å². The first-order valence-corrected chi connectivity index (χ1v) is 9.14. The Balaban J connectivity index is 1.83. The molecule has 0 unspecified atom stereocenters. The van der Waals surface area contributed by atoms with E-state index in [0.29, 0.717) is 5.41 Å². The van der Waals surface area contributed by atoms with Crippen LogP contribution in [0, 0.1) is 10.8 Å².